The first-order valence-corrected chi connectivity index (χ1v) is 13.3. The molecule has 192 valence electrons. The van der Waals surface area contributed by atoms with Crippen molar-refractivity contribution in [3.63, 3.8) is 0 Å². The summed E-state index contributed by atoms with van der Waals surface area (Å²) in [4.78, 5) is 27.2. The number of fused-ring (bicyclic) bond motifs is 3. The van der Waals surface area contributed by atoms with Crippen LogP contribution in [0.25, 0.3) is 11.6 Å². The fourth-order valence-electron chi connectivity index (χ4n) is 6.51. The topological polar surface area (TPSA) is 87.1 Å². The molecule has 2 heterocycles. The Kier molecular flexibility index (Phi) is 7.36. The summed E-state index contributed by atoms with van der Waals surface area (Å²) >= 11 is 0. The Morgan fingerprint density at radius 2 is 1.89 bits per heavy atom. The van der Waals surface area contributed by atoms with E-state index in [1.54, 1.807) is 19.2 Å². The van der Waals surface area contributed by atoms with Gasteiger partial charge in [-0.05, 0) is 72.3 Å². The van der Waals surface area contributed by atoms with Gasteiger partial charge in [-0.1, -0.05) is 67.5 Å². The van der Waals surface area contributed by atoms with E-state index in [0.29, 0.717) is 25.6 Å². The highest BCUT2D eigenvalue weighted by Gasteiger charge is 2.56. The van der Waals surface area contributed by atoms with Crippen LogP contribution in [0.2, 0.25) is 6.32 Å². The molecule has 1 aliphatic carbocycles. The van der Waals surface area contributed by atoms with Gasteiger partial charge in [-0.25, -0.2) is 0 Å². The molecule has 5 rings (SSSR count). The van der Waals surface area contributed by atoms with E-state index in [-0.39, 0.29) is 35.5 Å². The number of phenolic OH excluding ortho intramolecular Hbond substituents is 1. The van der Waals surface area contributed by atoms with Crippen molar-refractivity contribution in [1.29, 1.82) is 0 Å². The van der Waals surface area contributed by atoms with Gasteiger partial charge < -0.3 is 14.8 Å². The number of carbonyl (C=O) groups excluding carboxylic acids is 2. The van der Waals surface area contributed by atoms with Crippen LogP contribution < -0.4 is 0 Å². The zero-order valence-electron chi connectivity index (χ0n) is 21.5. The van der Waals surface area contributed by atoms with Gasteiger partial charge in [-0.15, -0.1) is 0 Å². The van der Waals surface area contributed by atoms with E-state index in [1.165, 1.54) is 10.5 Å². The van der Waals surface area contributed by atoms with E-state index in [1.807, 2.05) is 30.3 Å². The minimum atomic E-state index is -0.968. The fraction of sp³-hybridized carbons (Fsp3) is 0.400. The monoisotopic (exact) mass is 499 g/mol. The van der Waals surface area contributed by atoms with Crippen molar-refractivity contribution in [2.45, 2.75) is 51.5 Å². The van der Waals surface area contributed by atoms with Crippen LogP contribution in [0, 0.1) is 17.8 Å². The van der Waals surface area contributed by atoms with Crippen LogP contribution in [-0.4, -0.2) is 47.1 Å². The zero-order chi connectivity index (χ0) is 26.1. The molecule has 2 N–H and O–H groups in total. The SMILES string of the molecule is CCCC1=C2[C@@H](CC/C(=C/c3cccc(O)c3)c3ccccc3)OB(O)C[C@@H]2[C@@H]2C(=O)N(C)C(=O)[C@@H]2C1. The van der Waals surface area contributed by atoms with Crippen LogP contribution in [0.5, 0.6) is 5.75 Å². The first kappa shape index (κ1) is 25.5. The normalized spacial score (nSPS) is 26.0. The number of rotatable bonds is 7. The minimum Gasteiger partial charge on any atom is -0.508 e. The molecule has 0 bridgehead atoms. The molecule has 0 unspecified atom stereocenters. The number of phenols is 1. The van der Waals surface area contributed by atoms with Crippen LogP contribution >= 0.6 is 0 Å². The summed E-state index contributed by atoms with van der Waals surface area (Å²) in [5, 5.41) is 20.7. The summed E-state index contributed by atoms with van der Waals surface area (Å²) in [5.41, 5.74) is 5.45. The average molecular weight is 499 g/mol. The molecule has 6 nitrogen and oxygen atoms in total. The third-order valence-corrected chi connectivity index (χ3v) is 8.11. The van der Waals surface area contributed by atoms with Crippen LogP contribution in [0.4, 0.5) is 0 Å². The van der Waals surface area contributed by atoms with Crippen molar-refractivity contribution >= 4 is 30.6 Å². The second-order valence-corrected chi connectivity index (χ2v) is 10.5. The van der Waals surface area contributed by atoms with Gasteiger partial charge >= 0.3 is 7.12 Å². The molecule has 0 saturated carbocycles. The summed E-state index contributed by atoms with van der Waals surface area (Å²) in [6, 6.07) is 17.3. The summed E-state index contributed by atoms with van der Waals surface area (Å²) < 4.78 is 6.15. The molecule has 0 spiro atoms. The molecular weight excluding hydrogens is 465 g/mol. The largest absolute Gasteiger partial charge is 0.508 e. The molecule has 2 fully saturated rings. The lowest BCUT2D eigenvalue weighted by atomic mass is 9.58. The van der Waals surface area contributed by atoms with Gasteiger partial charge in [-0.2, -0.15) is 0 Å². The minimum absolute atomic E-state index is 0.0967. The molecule has 0 aromatic heterocycles. The van der Waals surface area contributed by atoms with E-state index < -0.39 is 13.0 Å². The standard InChI is InChI=1S/C30H34BNO5/c1-3-8-22-17-24-28(30(35)32(2)29(24)34)25-18-31(36)37-26(27(22)25)14-13-21(20-10-5-4-6-11-20)15-19-9-7-12-23(33)16-19/h4-7,9-12,15-16,24-26,28,33,36H,3,8,13-14,17-18H2,1-2H3/b21-15-/t24-,25+,26-,28-/m1/s1. The number of nitrogens with zero attached hydrogens (tertiary/aromatic N) is 1. The maximum absolute atomic E-state index is 13.1. The van der Waals surface area contributed by atoms with Gasteiger partial charge in [0.2, 0.25) is 11.8 Å². The molecule has 2 aromatic carbocycles. The van der Waals surface area contributed by atoms with Gasteiger partial charge in [0, 0.05) is 7.05 Å². The van der Waals surface area contributed by atoms with Crippen molar-refractivity contribution in [3.05, 3.63) is 76.9 Å². The lowest BCUT2D eigenvalue weighted by Crippen LogP contribution is -2.46. The predicted octanol–water partition coefficient (Wildman–Crippen LogP) is 4.94. The molecule has 2 aromatic rings. The summed E-state index contributed by atoms with van der Waals surface area (Å²) in [5.74, 6) is -0.926. The second kappa shape index (κ2) is 10.7. The van der Waals surface area contributed by atoms with Crippen LogP contribution in [0.15, 0.2) is 65.7 Å². The number of benzene rings is 2. The maximum atomic E-state index is 13.1. The molecule has 37 heavy (non-hydrogen) atoms. The van der Waals surface area contributed by atoms with Gasteiger partial charge in [0.15, 0.2) is 0 Å². The van der Waals surface area contributed by atoms with Crippen molar-refractivity contribution in [3.8, 4) is 5.75 Å². The molecule has 0 radical (unpaired) electrons. The van der Waals surface area contributed by atoms with Crippen LogP contribution in [0.1, 0.15) is 50.2 Å². The van der Waals surface area contributed by atoms with Gasteiger partial charge in [0.05, 0.1) is 17.9 Å². The first-order valence-electron chi connectivity index (χ1n) is 13.3. The molecule has 2 aliphatic heterocycles. The van der Waals surface area contributed by atoms with E-state index in [9.17, 15) is 19.7 Å². The Labute approximate surface area is 218 Å². The molecule has 7 heteroatoms. The summed E-state index contributed by atoms with van der Waals surface area (Å²) in [6.45, 7) is 2.13. The molecule has 2 amide bonds. The molecule has 2 saturated heterocycles. The number of imide groups is 1. The van der Waals surface area contributed by atoms with E-state index in [0.717, 1.165) is 35.1 Å². The fourth-order valence-corrected chi connectivity index (χ4v) is 6.51. The summed E-state index contributed by atoms with van der Waals surface area (Å²) in [6.07, 6.45) is 5.85. The van der Waals surface area contributed by atoms with Crippen molar-refractivity contribution in [1.82, 2.24) is 4.90 Å². The average Bonchev–Trinajstić information content (AvgIpc) is 3.10. The smallest absolute Gasteiger partial charge is 0.455 e. The Morgan fingerprint density at radius 1 is 1.11 bits per heavy atom. The third kappa shape index (κ3) is 5.03. The number of likely N-dealkylation sites (tertiary alicyclic amines) is 1. The highest BCUT2D eigenvalue weighted by molar-refractivity contribution is 6.43. The molecule has 4 atom stereocenters. The quantitative estimate of drug-likeness (QED) is 0.244. The van der Waals surface area contributed by atoms with Crippen LogP contribution in [0.3, 0.4) is 0 Å². The van der Waals surface area contributed by atoms with Crippen molar-refractivity contribution in [2.24, 2.45) is 17.8 Å². The number of hydrogen-bond acceptors (Lipinski definition) is 5. The maximum Gasteiger partial charge on any atom is 0.455 e. The first-order chi connectivity index (χ1) is 17.9. The number of allylic oxidation sites excluding steroid dienone is 2. The van der Waals surface area contributed by atoms with E-state index in [2.05, 4.69) is 25.1 Å². The van der Waals surface area contributed by atoms with Gasteiger partial charge in [-0.3, -0.25) is 14.5 Å². The zero-order valence-corrected chi connectivity index (χ0v) is 21.5. The third-order valence-electron chi connectivity index (χ3n) is 8.11. The van der Waals surface area contributed by atoms with Crippen molar-refractivity contribution in [2.75, 3.05) is 7.05 Å². The number of hydrogen-bond donors (Lipinski definition) is 2. The Hall–Kier alpha value is -3.16. The van der Waals surface area contributed by atoms with Gasteiger partial charge in [0.1, 0.15) is 5.75 Å². The summed E-state index contributed by atoms with van der Waals surface area (Å²) in [7, 11) is 0.609. The lowest BCUT2D eigenvalue weighted by molar-refractivity contribution is -0.138. The molecule has 3 aliphatic rings. The number of carbonyl (C=O) groups is 2. The highest BCUT2D eigenvalue weighted by atomic mass is 16.5. The Morgan fingerprint density at radius 3 is 2.62 bits per heavy atom. The van der Waals surface area contributed by atoms with Crippen molar-refractivity contribution < 1.29 is 24.4 Å². The van der Waals surface area contributed by atoms with E-state index >= 15 is 0 Å². The number of aromatic hydroxyl groups is 1. The Balaban J connectivity index is 1.48. The Bertz CT molecular complexity index is 1240. The second-order valence-electron chi connectivity index (χ2n) is 10.5. The van der Waals surface area contributed by atoms with Gasteiger partial charge in [0.25, 0.3) is 0 Å². The highest BCUT2D eigenvalue weighted by Crippen LogP contribution is 2.51. The van der Waals surface area contributed by atoms with Crippen LogP contribution in [-0.2, 0) is 14.2 Å². The lowest BCUT2D eigenvalue weighted by Gasteiger charge is -2.43. The molecular formula is C30H34BNO5. The predicted molar refractivity (Wildman–Crippen MR) is 144 cm³/mol. The number of amides is 2. The van der Waals surface area contributed by atoms with E-state index in [4.69, 9.17) is 4.65 Å².